The van der Waals surface area contributed by atoms with Crippen LogP contribution in [0.2, 0.25) is 0 Å². The average molecular weight is 397 g/mol. The minimum Gasteiger partial charge on any atom is -0.493 e. The van der Waals surface area contributed by atoms with E-state index < -0.39 is 5.97 Å². The SMILES string of the molecule is CCOc1cc(/C=C/C(=O)OCC(=O)Nc2c(C)cccc2CC)ccc1OC. The number of ether oxygens (including phenoxy) is 3. The highest BCUT2D eigenvalue weighted by molar-refractivity contribution is 5.95. The van der Waals surface area contributed by atoms with E-state index in [1.54, 1.807) is 31.4 Å². The first-order chi connectivity index (χ1) is 14.0. The molecule has 0 aliphatic heterocycles. The molecule has 0 aliphatic rings. The number of nitrogens with one attached hydrogen (secondary N) is 1. The van der Waals surface area contributed by atoms with Crippen molar-refractivity contribution < 1.29 is 23.8 Å². The Bertz CT molecular complexity index is 889. The topological polar surface area (TPSA) is 73.9 Å². The van der Waals surface area contributed by atoms with E-state index in [4.69, 9.17) is 14.2 Å². The number of hydrogen-bond donors (Lipinski definition) is 1. The molecule has 0 radical (unpaired) electrons. The predicted molar refractivity (Wildman–Crippen MR) is 113 cm³/mol. The van der Waals surface area contributed by atoms with Crippen LogP contribution in [-0.2, 0) is 20.7 Å². The molecule has 6 heteroatoms. The van der Waals surface area contributed by atoms with Crippen molar-refractivity contribution >= 4 is 23.6 Å². The summed E-state index contributed by atoms with van der Waals surface area (Å²) in [4.78, 5) is 24.1. The van der Waals surface area contributed by atoms with Crippen LogP contribution in [0.3, 0.4) is 0 Å². The zero-order valence-corrected chi connectivity index (χ0v) is 17.3. The van der Waals surface area contributed by atoms with E-state index in [0.717, 1.165) is 28.8 Å². The molecule has 1 amide bonds. The monoisotopic (exact) mass is 397 g/mol. The Kier molecular flexibility index (Phi) is 8.27. The molecule has 2 aromatic carbocycles. The molecule has 0 aromatic heterocycles. The number of aryl methyl sites for hydroxylation is 2. The van der Waals surface area contributed by atoms with Crippen molar-refractivity contribution in [3.05, 3.63) is 59.2 Å². The van der Waals surface area contributed by atoms with E-state index in [1.165, 1.54) is 6.08 Å². The van der Waals surface area contributed by atoms with E-state index in [-0.39, 0.29) is 12.5 Å². The number of benzene rings is 2. The van der Waals surface area contributed by atoms with Gasteiger partial charge in [-0.1, -0.05) is 31.2 Å². The maximum atomic E-state index is 12.2. The summed E-state index contributed by atoms with van der Waals surface area (Å²) in [6, 6.07) is 11.2. The third kappa shape index (κ3) is 6.38. The average Bonchev–Trinajstić information content (AvgIpc) is 2.72. The van der Waals surface area contributed by atoms with Gasteiger partial charge < -0.3 is 19.5 Å². The van der Waals surface area contributed by atoms with E-state index in [9.17, 15) is 9.59 Å². The summed E-state index contributed by atoms with van der Waals surface area (Å²) in [5.74, 6) is 0.231. The van der Waals surface area contributed by atoms with Gasteiger partial charge in [0.05, 0.1) is 13.7 Å². The summed E-state index contributed by atoms with van der Waals surface area (Å²) in [5.41, 5.74) is 3.53. The van der Waals surface area contributed by atoms with E-state index in [2.05, 4.69) is 5.32 Å². The van der Waals surface area contributed by atoms with Crippen LogP contribution in [-0.4, -0.2) is 32.2 Å². The summed E-state index contributed by atoms with van der Waals surface area (Å²) in [6.07, 6.45) is 3.67. The van der Waals surface area contributed by atoms with Crippen LogP contribution < -0.4 is 14.8 Å². The lowest BCUT2D eigenvalue weighted by Gasteiger charge is -2.12. The minimum atomic E-state index is -0.602. The maximum Gasteiger partial charge on any atom is 0.331 e. The highest BCUT2D eigenvalue weighted by Crippen LogP contribution is 2.28. The van der Waals surface area contributed by atoms with Crippen molar-refractivity contribution in [1.29, 1.82) is 0 Å². The van der Waals surface area contributed by atoms with Crippen LogP contribution in [0.5, 0.6) is 11.5 Å². The molecule has 0 bridgehead atoms. The van der Waals surface area contributed by atoms with Gasteiger partial charge in [-0.15, -0.1) is 0 Å². The molecule has 1 N–H and O–H groups in total. The first-order valence-corrected chi connectivity index (χ1v) is 9.52. The fourth-order valence-electron chi connectivity index (χ4n) is 2.79. The molecule has 29 heavy (non-hydrogen) atoms. The van der Waals surface area contributed by atoms with E-state index >= 15 is 0 Å². The molecule has 0 fully saturated rings. The summed E-state index contributed by atoms with van der Waals surface area (Å²) < 4.78 is 15.8. The first kappa shape index (κ1) is 22.0. The van der Waals surface area contributed by atoms with E-state index in [0.29, 0.717) is 18.1 Å². The lowest BCUT2D eigenvalue weighted by molar-refractivity contribution is -0.142. The molecule has 0 atom stereocenters. The molecule has 0 saturated carbocycles. The summed E-state index contributed by atoms with van der Waals surface area (Å²) >= 11 is 0. The number of hydrogen-bond acceptors (Lipinski definition) is 5. The van der Waals surface area contributed by atoms with Gasteiger partial charge in [0.15, 0.2) is 18.1 Å². The molecule has 2 rings (SSSR count). The number of carbonyl (C=O) groups excluding carboxylic acids is 2. The fraction of sp³-hybridized carbons (Fsp3) is 0.304. The maximum absolute atomic E-state index is 12.2. The van der Waals surface area contributed by atoms with Crippen molar-refractivity contribution in [1.82, 2.24) is 0 Å². The Labute approximate surface area is 171 Å². The number of esters is 1. The second kappa shape index (κ2) is 10.9. The van der Waals surface area contributed by atoms with Gasteiger partial charge in [0.1, 0.15) is 0 Å². The van der Waals surface area contributed by atoms with Gasteiger partial charge >= 0.3 is 5.97 Å². The Hall–Kier alpha value is -3.28. The molecule has 6 nitrogen and oxygen atoms in total. The van der Waals surface area contributed by atoms with E-state index in [1.807, 2.05) is 39.0 Å². The zero-order valence-electron chi connectivity index (χ0n) is 17.3. The van der Waals surface area contributed by atoms with Gasteiger partial charge in [0.25, 0.3) is 5.91 Å². The van der Waals surface area contributed by atoms with Crippen molar-refractivity contribution in [3.63, 3.8) is 0 Å². The van der Waals surface area contributed by atoms with Crippen LogP contribution in [0.1, 0.15) is 30.5 Å². The van der Waals surface area contributed by atoms with Crippen molar-refractivity contribution in [2.75, 3.05) is 25.6 Å². The molecule has 0 heterocycles. The van der Waals surface area contributed by atoms with Crippen LogP contribution in [0.15, 0.2) is 42.5 Å². The molecule has 0 saturated heterocycles. The highest BCUT2D eigenvalue weighted by atomic mass is 16.5. The van der Waals surface area contributed by atoms with Crippen molar-refractivity contribution in [3.8, 4) is 11.5 Å². The Morgan fingerprint density at radius 3 is 2.59 bits per heavy atom. The standard InChI is InChI=1S/C23H27NO5/c1-5-18-9-7-8-16(3)23(18)24-21(25)15-29-22(26)13-11-17-10-12-19(27-4)20(14-17)28-6-2/h7-14H,5-6,15H2,1-4H3,(H,24,25)/b13-11+. The zero-order chi connectivity index (χ0) is 21.2. The molecular weight excluding hydrogens is 370 g/mol. The first-order valence-electron chi connectivity index (χ1n) is 9.52. The summed E-state index contributed by atoms with van der Waals surface area (Å²) in [7, 11) is 1.57. The van der Waals surface area contributed by atoms with Gasteiger partial charge in [-0.25, -0.2) is 4.79 Å². The normalized spacial score (nSPS) is 10.6. The Morgan fingerprint density at radius 1 is 1.10 bits per heavy atom. The Morgan fingerprint density at radius 2 is 1.90 bits per heavy atom. The smallest absolute Gasteiger partial charge is 0.331 e. The number of anilines is 1. The lowest BCUT2D eigenvalue weighted by Crippen LogP contribution is -2.21. The lowest BCUT2D eigenvalue weighted by atomic mass is 10.1. The molecule has 154 valence electrons. The predicted octanol–water partition coefficient (Wildman–Crippen LogP) is 4.16. The van der Waals surface area contributed by atoms with Gasteiger partial charge in [0.2, 0.25) is 0 Å². The van der Waals surface area contributed by atoms with Gasteiger partial charge in [0, 0.05) is 11.8 Å². The number of para-hydroxylation sites is 1. The minimum absolute atomic E-state index is 0.354. The Balaban J connectivity index is 1.93. The van der Waals surface area contributed by atoms with Crippen molar-refractivity contribution in [2.24, 2.45) is 0 Å². The molecule has 0 spiro atoms. The summed E-state index contributed by atoms with van der Waals surface area (Å²) in [6.45, 7) is 5.97. The van der Waals surface area contributed by atoms with Gasteiger partial charge in [-0.05, 0) is 55.2 Å². The third-order valence-corrected chi connectivity index (χ3v) is 4.25. The van der Waals surface area contributed by atoms with Crippen LogP contribution >= 0.6 is 0 Å². The van der Waals surface area contributed by atoms with Crippen LogP contribution in [0.25, 0.3) is 6.08 Å². The molecule has 0 unspecified atom stereocenters. The number of carbonyl (C=O) groups is 2. The van der Waals surface area contributed by atoms with Gasteiger partial charge in [-0.2, -0.15) is 0 Å². The summed E-state index contributed by atoms with van der Waals surface area (Å²) in [5, 5.41) is 2.82. The fourth-order valence-corrected chi connectivity index (χ4v) is 2.79. The molecule has 2 aromatic rings. The second-order valence-corrected chi connectivity index (χ2v) is 6.30. The largest absolute Gasteiger partial charge is 0.493 e. The van der Waals surface area contributed by atoms with Crippen molar-refractivity contribution in [2.45, 2.75) is 27.2 Å². The number of methoxy groups -OCH3 is 1. The third-order valence-electron chi connectivity index (χ3n) is 4.25. The molecule has 0 aliphatic carbocycles. The highest BCUT2D eigenvalue weighted by Gasteiger charge is 2.10. The van der Waals surface area contributed by atoms with Crippen LogP contribution in [0, 0.1) is 6.92 Å². The second-order valence-electron chi connectivity index (χ2n) is 6.30. The number of amides is 1. The van der Waals surface area contributed by atoms with Crippen LogP contribution in [0.4, 0.5) is 5.69 Å². The van der Waals surface area contributed by atoms with Gasteiger partial charge in [-0.3, -0.25) is 4.79 Å². The molecular formula is C23H27NO5. The quantitative estimate of drug-likeness (QED) is 0.508. The number of rotatable bonds is 9.